The van der Waals surface area contributed by atoms with Gasteiger partial charge in [-0.1, -0.05) is 28.1 Å². The Hall–Kier alpha value is -2.31. The molecule has 0 spiro atoms. The van der Waals surface area contributed by atoms with Gasteiger partial charge in [-0.15, -0.1) is 0 Å². The van der Waals surface area contributed by atoms with Crippen LogP contribution >= 0.6 is 15.9 Å². The van der Waals surface area contributed by atoms with E-state index in [0.29, 0.717) is 12.3 Å². The monoisotopic (exact) mass is 432 g/mol. The maximum absolute atomic E-state index is 12.3. The normalized spacial score (nSPS) is 12.2. The van der Waals surface area contributed by atoms with Crippen molar-refractivity contribution in [1.29, 1.82) is 0 Å². The molecule has 0 aromatic heterocycles. The topological polar surface area (TPSA) is 50.8 Å². The second kappa shape index (κ2) is 10.1. The van der Waals surface area contributed by atoms with Gasteiger partial charge in [-0.2, -0.15) is 0 Å². The number of hydrogen-bond acceptors (Lipinski definition) is 4. The first-order valence-corrected chi connectivity index (χ1v) is 9.33. The second-order valence-corrected chi connectivity index (χ2v) is 7.14. The van der Waals surface area contributed by atoms with Crippen LogP contribution in [0.1, 0.15) is 17.2 Å². The summed E-state index contributed by atoms with van der Waals surface area (Å²) in [6.07, 6.45) is 3.26. The van der Waals surface area contributed by atoms with Gasteiger partial charge < -0.3 is 19.7 Å². The fourth-order valence-electron chi connectivity index (χ4n) is 2.70. The van der Waals surface area contributed by atoms with Crippen LogP contribution in [0.15, 0.2) is 53.0 Å². The van der Waals surface area contributed by atoms with Crippen LogP contribution in [0, 0.1) is 0 Å². The van der Waals surface area contributed by atoms with E-state index in [0.717, 1.165) is 21.3 Å². The lowest BCUT2D eigenvalue weighted by atomic mass is 10.1. The number of amides is 1. The van der Waals surface area contributed by atoms with Gasteiger partial charge in [-0.3, -0.25) is 4.79 Å². The zero-order valence-corrected chi connectivity index (χ0v) is 17.6. The first kappa shape index (κ1) is 21.0. The van der Waals surface area contributed by atoms with Gasteiger partial charge in [0.2, 0.25) is 5.91 Å². The number of methoxy groups -OCH3 is 2. The number of carbonyl (C=O) groups excluding carboxylic acids is 1. The average Bonchev–Trinajstić information content (AvgIpc) is 2.66. The van der Waals surface area contributed by atoms with Crippen molar-refractivity contribution in [3.63, 3.8) is 0 Å². The lowest BCUT2D eigenvalue weighted by Crippen LogP contribution is -2.33. The van der Waals surface area contributed by atoms with Gasteiger partial charge in [0.25, 0.3) is 0 Å². The first-order valence-electron chi connectivity index (χ1n) is 8.54. The van der Waals surface area contributed by atoms with Crippen LogP contribution in [0.2, 0.25) is 0 Å². The van der Waals surface area contributed by atoms with Gasteiger partial charge in [0, 0.05) is 22.7 Å². The summed E-state index contributed by atoms with van der Waals surface area (Å²) in [5, 5.41) is 2.96. The van der Waals surface area contributed by atoms with E-state index in [2.05, 4.69) is 26.1 Å². The Morgan fingerprint density at radius 2 is 1.96 bits per heavy atom. The van der Waals surface area contributed by atoms with Gasteiger partial charge in [0.1, 0.15) is 11.5 Å². The van der Waals surface area contributed by atoms with Crippen LogP contribution in [0.25, 0.3) is 6.08 Å². The molecule has 0 saturated carbocycles. The molecular weight excluding hydrogens is 408 g/mol. The Balaban J connectivity index is 2.05. The van der Waals surface area contributed by atoms with Gasteiger partial charge in [0.15, 0.2) is 0 Å². The van der Waals surface area contributed by atoms with Crippen molar-refractivity contribution in [1.82, 2.24) is 10.2 Å². The number of nitrogens with one attached hydrogen (secondary N) is 1. The van der Waals surface area contributed by atoms with Crippen LogP contribution in [0.5, 0.6) is 11.5 Å². The molecular formula is C21H25BrN2O3. The van der Waals surface area contributed by atoms with E-state index in [1.165, 1.54) is 6.08 Å². The largest absolute Gasteiger partial charge is 0.497 e. The lowest BCUT2D eigenvalue weighted by molar-refractivity contribution is -0.116. The highest BCUT2D eigenvalue weighted by molar-refractivity contribution is 9.10. The number of benzene rings is 2. The number of nitrogens with zero attached hydrogens (tertiary/aromatic N) is 1. The third kappa shape index (κ3) is 6.12. The van der Waals surface area contributed by atoms with Crippen LogP contribution in [0.4, 0.5) is 0 Å². The van der Waals surface area contributed by atoms with E-state index in [4.69, 9.17) is 9.47 Å². The molecule has 2 aromatic carbocycles. The summed E-state index contributed by atoms with van der Waals surface area (Å²) in [6.45, 7) is 0.485. The summed E-state index contributed by atoms with van der Waals surface area (Å²) in [6, 6.07) is 13.6. The minimum absolute atomic E-state index is 0.0397. The third-order valence-electron chi connectivity index (χ3n) is 4.18. The fourth-order valence-corrected chi connectivity index (χ4v) is 3.08. The van der Waals surface area contributed by atoms with Crippen LogP contribution in [0.3, 0.4) is 0 Å². The Morgan fingerprint density at radius 1 is 1.19 bits per heavy atom. The van der Waals surface area contributed by atoms with Crippen molar-refractivity contribution in [3.8, 4) is 11.5 Å². The molecule has 0 aliphatic rings. The molecule has 1 unspecified atom stereocenters. The smallest absolute Gasteiger partial charge is 0.244 e. The predicted molar refractivity (Wildman–Crippen MR) is 112 cm³/mol. The molecule has 144 valence electrons. The summed E-state index contributed by atoms with van der Waals surface area (Å²) in [4.78, 5) is 14.4. The fraction of sp³-hybridized carbons (Fsp3) is 0.286. The summed E-state index contributed by atoms with van der Waals surface area (Å²) in [5.74, 6) is 1.35. The number of hydrogen-bond donors (Lipinski definition) is 1. The summed E-state index contributed by atoms with van der Waals surface area (Å²) < 4.78 is 11.5. The van der Waals surface area contributed by atoms with E-state index in [-0.39, 0.29) is 11.9 Å². The molecule has 0 radical (unpaired) electrons. The van der Waals surface area contributed by atoms with Crippen molar-refractivity contribution in [2.45, 2.75) is 6.04 Å². The molecule has 0 aliphatic heterocycles. The summed E-state index contributed by atoms with van der Waals surface area (Å²) in [5.41, 5.74) is 1.91. The molecule has 6 heteroatoms. The number of ether oxygens (including phenoxy) is 2. The van der Waals surface area contributed by atoms with E-state index < -0.39 is 0 Å². The average molecular weight is 433 g/mol. The Bertz CT molecular complexity index is 806. The minimum atomic E-state index is -0.160. The van der Waals surface area contributed by atoms with E-state index in [1.54, 1.807) is 20.3 Å². The molecule has 0 aliphatic carbocycles. The standard InChI is InChI=1S/C21H25BrN2O3/c1-24(2)19(15-6-5-7-18(13-15)26-3)14-23-21(25)11-8-16-12-17(22)9-10-20(16)27-4/h5-13,19H,14H2,1-4H3,(H,23,25)/b11-8+. The van der Waals surface area contributed by atoms with E-state index in [9.17, 15) is 4.79 Å². The molecule has 0 heterocycles. The zero-order valence-electron chi connectivity index (χ0n) is 16.0. The van der Waals surface area contributed by atoms with Gasteiger partial charge >= 0.3 is 0 Å². The van der Waals surface area contributed by atoms with Crippen molar-refractivity contribution >= 4 is 27.9 Å². The van der Waals surface area contributed by atoms with Crippen molar-refractivity contribution < 1.29 is 14.3 Å². The lowest BCUT2D eigenvalue weighted by Gasteiger charge is -2.25. The third-order valence-corrected chi connectivity index (χ3v) is 4.67. The quantitative estimate of drug-likeness (QED) is 0.642. The number of carbonyl (C=O) groups is 1. The highest BCUT2D eigenvalue weighted by Gasteiger charge is 2.15. The molecule has 5 nitrogen and oxygen atoms in total. The molecule has 0 bridgehead atoms. The summed E-state index contributed by atoms with van der Waals surface area (Å²) in [7, 11) is 7.22. The van der Waals surface area contributed by atoms with Crippen LogP contribution in [-0.2, 0) is 4.79 Å². The van der Waals surface area contributed by atoms with Crippen LogP contribution in [-0.4, -0.2) is 45.7 Å². The Morgan fingerprint density at radius 3 is 2.63 bits per heavy atom. The molecule has 1 N–H and O–H groups in total. The molecule has 2 aromatic rings. The highest BCUT2D eigenvalue weighted by atomic mass is 79.9. The molecule has 1 atom stereocenters. The minimum Gasteiger partial charge on any atom is -0.497 e. The number of halogens is 1. The maximum Gasteiger partial charge on any atom is 0.244 e. The molecule has 0 fully saturated rings. The molecule has 27 heavy (non-hydrogen) atoms. The predicted octanol–water partition coefficient (Wildman–Crippen LogP) is 3.90. The summed E-state index contributed by atoms with van der Waals surface area (Å²) >= 11 is 3.43. The Kier molecular flexibility index (Phi) is 7.88. The van der Waals surface area contributed by atoms with E-state index >= 15 is 0 Å². The van der Waals surface area contributed by atoms with Crippen molar-refractivity contribution in [2.24, 2.45) is 0 Å². The van der Waals surface area contributed by atoms with Crippen molar-refractivity contribution in [3.05, 3.63) is 64.1 Å². The van der Waals surface area contributed by atoms with Gasteiger partial charge in [0.05, 0.1) is 20.3 Å². The van der Waals surface area contributed by atoms with Crippen LogP contribution < -0.4 is 14.8 Å². The highest BCUT2D eigenvalue weighted by Crippen LogP contribution is 2.24. The zero-order chi connectivity index (χ0) is 19.8. The molecule has 1 amide bonds. The number of rotatable bonds is 8. The number of likely N-dealkylation sites (N-methyl/N-ethyl adjacent to an activating group) is 1. The molecule has 2 rings (SSSR count). The van der Waals surface area contributed by atoms with E-state index in [1.807, 2.05) is 56.6 Å². The second-order valence-electron chi connectivity index (χ2n) is 6.22. The SMILES string of the molecule is COc1cccc(C(CNC(=O)/C=C/c2cc(Br)ccc2OC)N(C)C)c1. The maximum atomic E-state index is 12.3. The van der Waals surface area contributed by atoms with Gasteiger partial charge in [-0.05, 0) is 56.1 Å². The first-order chi connectivity index (χ1) is 12.9. The molecule has 0 saturated heterocycles. The van der Waals surface area contributed by atoms with Gasteiger partial charge in [-0.25, -0.2) is 0 Å². The van der Waals surface area contributed by atoms with Crippen molar-refractivity contribution in [2.75, 3.05) is 34.9 Å². The Labute approximate surface area is 169 Å².